The van der Waals surface area contributed by atoms with E-state index in [1.54, 1.807) is 0 Å². The first-order valence-corrected chi connectivity index (χ1v) is 9.34. The molecule has 0 aromatic rings. The van der Waals surface area contributed by atoms with Crippen molar-refractivity contribution in [3.63, 3.8) is 0 Å². The van der Waals surface area contributed by atoms with Crippen molar-refractivity contribution in [2.24, 2.45) is 11.8 Å². The first-order chi connectivity index (χ1) is 9.30. The second-order valence-electron chi connectivity index (χ2n) is 6.72. The van der Waals surface area contributed by atoms with E-state index < -0.39 is 15.4 Å². The normalized spacial score (nSPS) is 30.4. The lowest BCUT2D eigenvalue weighted by atomic mass is 9.84. The maximum atomic E-state index is 12.1. The molecule has 0 spiro atoms. The minimum Gasteiger partial charge on any atom is -0.350 e. The van der Waals surface area contributed by atoms with E-state index in [4.69, 9.17) is 0 Å². The highest BCUT2D eigenvalue weighted by atomic mass is 35.5. The molecule has 2 aliphatic heterocycles. The van der Waals surface area contributed by atoms with Gasteiger partial charge in [0, 0.05) is 6.42 Å². The van der Waals surface area contributed by atoms with Crippen molar-refractivity contribution >= 4 is 28.2 Å². The Balaban J connectivity index is 0.00000220. The zero-order chi connectivity index (χ0) is 14.8. The molecule has 0 radical (unpaired) electrons. The maximum Gasteiger partial charge on any atom is 0.220 e. The van der Waals surface area contributed by atoms with Gasteiger partial charge in [-0.3, -0.25) is 4.79 Å². The molecule has 5 nitrogen and oxygen atoms in total. The molecule has 0 aromatic heterocycles. The molecule has 2 unspecified atom stereocenters. The van der Waals surface area contributed by atoms with Crippen LogP contribution in [0, 0.1) is 11.8 Å². The Bertz CT molecular complexity index is 463. The van der Waals surface area contributed by atoms with Gasteiger partial charge in [-0.1, -0.05) is 6.92 Å². The number of piperidine rings is 1. The fourth-order valence-electron chi connectivity index (χ4n) is 3.37. The summed E-state index contributed by atoms with van der Waals surface area (Å²) in [6.07, 6.45) is 3.28. The van der Waals surface area contributed by atoms with Gasteiger partial charge >= 0.3 is 0 Å². The predicted octanol–water partition coefficient (Wildman–Crippen LogP) is 1.13. The average Bonchev–Trinajstić information content (AvgIpc) is 2.64. The number of nitrogens with one attached hydrogen (secondary N) is 2. The number of carbonyl (C=O) groups is 1. The Morgan fingerprint density at radius 3 is 2.52 bits per heavy atom. The van der Waals surface area contributed by atoms with Crippen LogP contribution in [-0.4, -0.2) is 44.5 Å². The van der Waals surface area contributed by atoms with Gasteiger partial charge in [0.2, 0.25) is 5.91 Å². The van der Waals surface area contributed by atoms with Crippen LogP contribution in [0.3, 0.4) is 0 Å². The largest absolute Gasteiger partial charge is 0.350 e. The summed E-state index contributed by atoms with van der Waals surface area (Å²) in [5, 5.41) is 6.28. The molecule has 2 rings (SSSR count). The smallest absolute Gasteiger partial charge is 0.220 e. The topological polar surface area (TPSA) is 75.3 Å². The molecule has 7 heteroatoms. The van der Waals surface area contributed by atoms with E-state index in [-0.39, 0.29) is 29.8 Å². The van der Waals surface area contributed by atoms with Crippen LogP contribution >= 0.6 is 12.4 Å². The Hall–Kier alpha value is -0.330. The molecule has 0 bridgehead atoms. The quantitative estimate of drug-likeness (QED) is 0.805. The van der Waals surface area contributed by atoms with Crippen molar-refractivity contribution in [1.82, 2.24) is 10.6 Å². The molecule has 2 aliphatic rings. The van der Waals surface area contributed by atoms with Crippen LogP contribution in [0.1, 0.15) is 39.5 Å². The number of hydrogen-bond donors (Lipinski definition) is 2. The molecule has 0 saturated carbocycles. The summed E-state index contributed by atoms with van der Waals surface area (Å²) >= 11 is 0. The molecule has 0 aliphatic carbocycles. The number of carbonyl (C=O) groups excluding carboxylic acids is 1. The summed E-state index contributed by atoms with van der Waals surface area (Å²) in [5.41, 5.74) is -0.566. The lowest BCUT2D eigenvalue weighted by molar-refractivity contribution is -0.123. The molecule has 2 N–H and O–H groups in total. The maximum absolute atomic E-state index is 12.1. The monoisotopic (exact) mass is 338 g/mol. The highest BCUT2D eigenvalue weighted by molar-refractivity contribution is 7.91. The van der Waals surface area contributed by atoms with Gasteiger partial charge in [-0.25, -0.2) is 8.42 Å². The lowest BCUT2D eigenvalue weighted by Gasteiger charge is -2.29. The Morgan fingerprint density at radius 2 is 2.00 bits per heavy atom. The van der Waals surface area contributed by atoms with E-state index in [1.807, 2.05) is 6.92 Å². The van der Waals surface area contributed by atoms with Gasteiger partial charge in [0.1, 0.15) is 0 Å². The highest BCUT2D eigenvalue weighted by Gasteiger charge is 2.39. The van der Waals surface area contributed by atoms with Crippen molar-refractivity contribution in [3.8, 4) is 0 Å². The van der Waals surface area contributed by atoms with Gasteiger partial charge in [0.25, 0.3) is 0 Å². The van der Waals surface area contributed by atoms with E-state index in [1.165, 1.54) is 0 Å². The number of rotatable bonds is 4. The van der Waals surface area contributed by atoms with Crippen molar-refractivity contribution in [3.05, 3.63) is 0 Å². The van der Waals surface area contributed by atoms with E-state index >= 15 is 0 Å². The highest BCUT2D eigenvalue weighted by Crippen LogP contribution is 2.26. The lowest BCUT2D eigenvalue weighted by Crippen LogP contribution is -2.47. The molecule has 1 amide bonds. The summed E-state index contributed by atoms with van der Waals surface area (Å²) in [5.74, 6) is 1.22. The van der Waals surface area contributed by atoms with Crippen molar-refractivity contribution in [2.75, 3.05) is 24.6 Å². The second kappa shape index (κ2) is 7.29. The standard InChI is InChI=1S/C14H26N2O3S.ClH/c1-11(12-3-6-15-7-4-12)9-13(17)16-14(2)5-8-20(18,19)10-14;/h11-12,15H,3-10H2,1-2H3,(H,16,17);1H. The van der Waals surface area contributed by atoms with Crippen molar-refractivity contribution < 1.29 is 13.2 Å². The van der Waals surface area contributed by atoms with Gasteiger partial charge in [-0.15, -0.1) is 12.4 Å². The fourth-order valence-corrected chi connectivity index (χ4v) is 5.46. The predicted molar refractivity (Wildman–Crippen MR) is 86.4 cm³/mol. The van der Waals surface area contributed by atoms with Crippen LogP contribution in [0.5, 0.6) is 0 Å². The van der Waals surface area contributed by atoms with Crippen LogP contribution in [0.4, 0.5) is 0 Å². The van der Waals surface area contributed by atoms with E-state index in [9.17, 15) is 13.2 Å². The van der Waals surface area contributed by atoms with Gasteiger partial charge in [-0.2, -0.15) is 0 Å². The van der Waals surface area contributed by atoms with Crippen LogP contribution in [0.2, 0.25) is 0 Å². The van der Waals surface area contributed by atoms with Crippen molar-refractivity contribution in [1.29, 1.82) is 0 Å². The van der Waals surface area contributed by atoms with E-state index in [2.05, 4.69) is 17.6 Å². The molecular formula is C14H27ClN2O3S. The first kappa shape index (κ1) is 18.7. The van der Waals surface area contributed by atoms with Gasteiger partial charge < -0.3 is 10.6 Å². The third-order valence-electron chi connectivity index (χ3n) is 4.64. The summed E-state index contributed by atoms with van der Waals surface area (Å²) in [7, 11) is -2.97. The molecule has 2 fully saturated rings. The molecule has 2 saturated heterocycles. The summed E-state index contributed by atoms with van der Waals surface area (Å²) in [4.78, 5) is 12.1. The number of halogens is 1. The second-order valence-corrected chi connectivity index (χ2v) is 8.90. The van der Waals surface area contributed by atoms with Crippen LogP contribution in [-0.2, 0) is 14.6 Å². The molecule has 2 atom stereocenters. The minimum atomic E-state index is -2.97. The van der Waals surface area contributed by atoms with Crippen LogP contribution in [0.15, 0.2) is 0 Å². The molecule has 124 valence electrons. The zero-order valence-corrected chi connectivity index (χ0v) is 14.5. The Labute approximate surface area is 134 Å². The first-order valence-electron chi connectivity index (χ1n) is 7.52. The summed E-state index contributed by atoms with van der Waals surface area (Å²) in [6, 6.07) is 0. The average molecular weight is 339 g/mol. The number of hydrogen-bond acceptors (Lipinski definition) is 4. The zero-order valence-electron chi connectivity index (χ0n) is 12.9. The van der Waals surface area contributed by atoms with Gasteiger partial charge in [0.05, 0.1) is 17.0 Å². The fraction of sp³-hybridized carbons (Fsp3) is 0.929. The van der Waals surface area contributed by atoms with E-state index in [0.717, 1.165) is 25.9 Å². The van der Waals surface area contributed by atoms with Crippen LogP contribution < -0.4 is 10.6 Å². The SMILES string of the molecule is CC(CC(=O)NC1(C)CCS(=O)(=O)C1)C1CCNCC1.Cl. The number of sulfone groups is 1. The minimum absolute atomic E-state index is 0. The third kappa shape index (κ3) is 5.42. The van der Waals surface area contributed by atoms with Crippen molar-refractivity contribution in [2.45, 2.75) is 45.1 Å². The molecular weight excluding hydrogens is 312 g/mol. The van der Waals surface area contributed by atoms with Crippen LogP contribution in [0.25, 0.3) is 0 Å². The third-order valence-corrected chi connectivity index (χ3v) is 6.54. The van der Waals surface area contributed by atoms with Gasteiger partial charge in [0.15, 0.2) is 9.84 Å². The Kier molecular flexibility index (Phi) is 6.50. The Morgan fingerprint density at radius 1 is 1.38 bits per heavy atom. The summed E-state index contributed by atoms with van der Waals surface area (Å²) < 4.78 is 23.1. The van der Waals surface area contributed by atoms with Gasteiger partial charge in [-0.05, 0) is 51.1 Å². The number of amides is 1. The summed E-state index contributed by atoms with van der Waals surface area (Å²) in [6.45, 7) is 6.03. The molecule has 2 heterocycles. The molecule has 0 aromatic carbocycles. The molecule has 21 heavy (non-hydrogen) atoms. The van der Waals surface area contributed by atoms with E-state index in [0.29, 0.717) is 24.7 Å².